The third-order valence-corrected chi connectivity index (χ3v) is 4.01. The van der Waals surface area contributed by atoms with Gasteiger partial charge >= 0.3 is 0 Å². The molecule has 1 aromatic carbocycles. The zero-order valence-electron chi connectivity index (χ0n) is 10.5. The molecule has 0 amide bonds. The molecule has 0 aliphatic heterocycles. The Bertz CT molecular complexity index is 743. The fourth-order valence-electron chi connectivity index (χ4n) is 1.55. The van der Waals surface area contributed by atoms with Gasteiger partial charge in [-0.05, 0) is 6.07 Å². The van der Waals surface area contributed by atoms with Gasteiger partial charge in [0.05, 0.1) is 22.8 Å². The molecule has 0 saturated carbocycles. The van der Waals surface area contributed by atoms with Gasteiger partial charge in [0.2, 0.25) is 10.0 Å². The van der Waals surface area contributed by atoms with Gasteiger partial charge in [0.15, 0.2) is 0 Å². The third-order valence-electron chi connectivity index (χ3n) is 2.55. The topological polar surface area (TPSA) is 153 Å². The van der Waals surface area contributed by atoms with Gasteiger partial charge < -0.3 is 9.95 Å². The molecule has 0 radical (unpaired) electrons. The van der Waals surface area contributed by atoms with Crippen LogP contribution in [0.5, 0.6) is 0 Å². The van der Waals surface area contributed by atoms with E-state index in [1.54, 1.807) is 0 Å². The number of nitro groups is 1. The number of nitro benzene ring substituents is 1. The second-order valence-corrected chi connectivity index (χ2v) is 5.63. The number of nitrogens with zero attached hydrogens (tertiary/aromatic N) is 2. The number of hydrogen-bond acceptors (Lipinski definition) is 8. The Kier molecular flexibility index (Phi) is 4.16. The Balaban J connectivity index is 2.28. The molecule has 0 aliphatic carbocycles. The smallest absolute Gasteiger partial charge is 0.271 e. The van der Waals surface area contributed by atoms with Gasteiger partial charge in [0.25, 0.3) is 5.69 Å². The molecule has 1 aromatic heterocycles. The molecule has 0 unspecified atom stereocenters. The predicted molar refractivity (Wildman–Crippen MR) is 71.4 cm³/mol. The number of hydrazine groups is 1. The van der Waals surface area contributed by atoms with E-state index in [2.05, 4.69) is 19.8 Å². The van der Waals surface area contributed by atoms with Crippen LogP contribution in [-0.4, -0.2) is 18.5 Å². The van der Waals surface area contributed by atoms with Gasteiger partial charge in [-0.25, -0.2) is 13.1 Å². The van der Waals surface area contributed by atoms with Crippen molar-refractivity contribution in [2.45, 2.75) is 11.4 Å². The summed E-state index contributed by atoms with van der Waals surface area (Å²) in [6, 6.07) is 4.70. The molecular formula is C10H11N5O5S. The van der Waals surface area contributed by atoms with Gasteiger partial charge in [-0.15, -0.1) is 0 Å². The number of anilines is 1. The zero-order valence-corrected chi connectivity index (χ0v) is 11.3. The summed E-state index contributed by atoms with van der Waals surface area (Å²) in [5.41, 5.74) is 2.16. The first-order valence-electron chi connectivity index (χ1n) is 5.58. The van der Waals surface area contributed by atoms with Crippen LogP contribution < -0.4 is 16.0 Å². The molecule has 0 spiro atoms. The van der Waals surface area contributed by atoms with E-state index in [0.29, 0.717) is 5.69 Å². The van der Waals surface area contributed by atoms with Crippen LogP contribution in [0, 0.1) is 10.1 Å². The first-order valence-corrected chi connectivity index (χ1v) is 7.06. The normalized spacial score (nSPS) is 11.3. The van der Waals surface area contributed by atoms with Gasteiger partial charge in [0.1, 0.15) is 11.2 Å². The van der Waals surface area contributed by atoms with Crippen molar-refractivity contribution < 1.29 is 17.9 Å². The van der Waals surface area contributed by atoms with E-state index in [1.165, 1.54) is 12.3 Å². The third kappa shape index (κ3) is 3.34. The van der Waals surface area contributed by atoms with E-state index >= 15 is 0 Å². The molecular weight excluding hydrogens is 302 g/mol. The molecule has 0 saturated heterocycles. The van der Waals surface area contributed by atoms with Crippen LogP contribution in [0.15, 0.2) is 39.9 Å². The summed E-state index contributed by atoms with van der Waals surface area (Å²) in [5, 5.41) is 14.2. The first-order chi connectivity index (χ1) is 9.94. The van der Waals surface area contributed by atoms with E-state index in [-0.39, 0.29) is 22.8 Å². The summed E-state index contributed by atoms with van der Waals surface area (Å²) < 4.78 is 31.2. The molecule has 2 aromatic rings. The van der Waals surface area contributed by atoms with Crippen LogP contribution >= 0.6 is 0 Å². The van der Waals surface area contributed by atoms with E-state index in [1.807, 2.05) is 0 Å². The molecule has 2 rings (SSSR count). The number of nitrogens with one attached hydrogen (secondary N) is 2. The van der Waals surface area contributed by atoms with Gasteiger partial charge in [-0.3, -0.25) is 16.0 Å². The predicted octanol–water partition coefficient (Wildman–Crippen LogP) is 0.347. The summed E-state index contributed by atoms with van der Waals surface area (Å²) in [5.74, 6) is 5.21. The van der Waals surface area contributed by atoms with Crippen molar-refractivity contribution in [2.75, 3.05) is 5.43 Å². The van der Waals surface area contributed by atoms with Gasteiger partial charge in [-0.1, -0.05) is 5.16 Å². The summed E-state index contributed by atoms with van der Waals surface area (Å²) in [6.45, 7) is -0.0835. The summed E-state index contributed by atoms with van der Waals surface area (Å²) >= 11 is 0. The fraction of sp³-hybridized carbons (Fsp3) is 0.100. The lowest BCUT2D eigenvalue weighted by Gasteiger charge is -2.10. The number of aromatic nitrogens is 1. The Morgan fingerprint density at radius 1 is 1.38 bits per heavy atom. The van der Waals surface area contributed by atoms with Crippen molar-refractivity contribution in [3.05, 3.63) is 46.3 Å². The maximum Gasteiger partial charge on any atom is 0.271 e. The highest BCUT2D eigenvalue weighted by molar-refractivity contribution is 7.89. The molecule has 1 heterocycles. The van der Waals surface area contributed by atoms with Crippen molar-refractivity contribution in [2.24, 2.45) is 5.84 Å². The van der Waals surface area contributed by atoms with Gasteiger partial charge in [0, 0.05) is 18.2 Å². The molecule has 11 heteroatoms. The standard InChI is InChI=1S/C10H11N5O5S/c11-13-9-5-8(15(16)17)1-2-10(9)21(18,19)12-6-7-3-4-20-14-7/h1-5,12-13H,6,11H2. The van der Waals surface area contributed by atoms with E-state index in [0.717, 1.165) is 18.2 Å². The minimum absolute atomic E-state index is 0.0835. The lowest BCUT2D eigenvalue weighted by atomic mass is 10.3. The SMILES string of the molecule is NNc1cc([N+](=O)[O-])ccc1S(=O)(=O)NCc1ccon1. The van der Waals surface area contributed by atoms with E-state index in [4.69, 9.17) is 5.84 Å². The molecule has 0 atom stereocenters. The highest BCUT2D eigenvalue weighted by Crippen LogP contribution is 2.25. The maximum atomic E-state index is 12.2. The van der Waals surface area contributed by atoms with E-state index in [9.17, 15) is 18.5 Å². The highest BCUT2D eigenvalue weighted by atomic mass is 32.2. The lowest BCUT2D eigenvalue weighted by Crippen LogP contribution is -2.25. The quantitative estimate of drug-likeness (QED) is 0.392. The Morgan fingerprint density at radius 2 is 2.14 bits per heavy atom. The highest BCUT2D eigenvalue weighted by Gasteiger charge is 2.21. The van der Waals surface area contributed by atoms with Crippen LogP contribution in [-0.2, 0) is 16.6 Å². The fourth-order valence-corrected chi connectivity index (χ4v) is 2.70. The summed E-state index contributed by atoms with van der Waals surface area (Å²) in [4.78, 5) is 9.80. The molecule has 4 N–H and O–H groups in total. The number of benzene rings is 1. The van der Waals surface area contributed by atoms with Crippen molar-refractivity contribution in [1.82, 2.24) is 9.88 Å². The molecule has 0 fully saturated rings. The maximum absolute atomic E-state index is 12.2. The first kappa shape index (κ1) is 14.9. The van der Waals surface area contributed by atoms with Crippen molar-refractivity contribution >= 4 is 21.4 Å². The number of rotatable bonds is 6. The number of sulfonamides is 1. The molecule has 0 bridgehead atoms. The van der Waals surface area contributed by atoms with Gasteiger partial charge in [-0.2, -0.15) is 0 Å². The minimum Gasteiger partial charge on any atom is -0.364 e. The second-order valence-electron chi connectivity index (χ2n) is 3.90. The average Bonchev–Trinajstić information content (AvgIpc) is 2.97. The Hall–Kier alpha value is -2.50. The van der Waals surface area contributed by atoms with Crippen LogP contribution in [0.2, 0.25) is 0 Å². The molecule has 10 nitrogen and oxygen atoms in total. The number of hydrogen-bond donors (Lipinski definition) is 3. The number of nitrogen functional groups attached to an aromatic ring is 1. The van der Waals surface area contributed by atoms with Crippen LogP contribution in [0.3, 0.4) is 0 Å². The molecule has 112 valence electrons. The molecule has 21 heavy (non-hydrogen) atoms. The second kappa shape index (κ2) is 5.87. The monoisotopic (exact) mass is 313 g/mol. The molecule has 0 aliphatic rings. The number of non-ortho nitro benzene ring substituents is 1. The van der Waals surface area contributed by atoms with Crippen molar-refractivity contribution in [3.63, 3.8) is 0 Å². The van der Waals surface area contributed by atoms with Crippen molar-refractivity contribution in [1.29, 1.82) is 0 Å². The summed E-state index contributed by atoms with van der Waals surface area (Å²) in [6.07, 6.45) is 1.31. The van der Waals surface area contributed by atoms with E-state index < -0.39 is 14.9 Å². The van der Waals surface area contributed by atoms with Crippen LogP contribution in [0.1, 0.15) is 5.69 Å². The van der Waals surface area contributed by atoms with Crippen molar-refractivity contribution in [3.8, 4) is 0 Å². The zero-order chi connectivity index (χ0) is 15.5. The van der Waals surface area contributed by atoms with Crippen LogP contribution in [0.25, 0.3) is 0 Å². The Labute approximate surface area is 119 Å². The minimum atomic E-state index is -3.92. The Morgan fingerprint density at radius 3 is 2.71 bits per heavy atom. The number of nitrogens with two attached hydrogens (primary N) is 1. The largest absolute Gasteiger partial charge is 0.364 e. The summed E-state index contributed by atoms with van der Waals surface area (Å²) in [7, 11) is -3.92. The van der Waals surface area contributed by atoms with Crippen LogP contribution in [0.4, 0.5) is 11.4 Å². The lowest BCUT2D eigenvalue weighted by molar-refractivity contribution is -0.384. The average molecular weight is 313 g/mol.